The summed E-state index contributed by atoms with van der Waals surface area (Å²) >= 11 is 0. The van der Waals surface area contributed by atoms with Crippen molar-refractivity contribution in [3.63, 3.8) is 0 Å². The van der Waals surface area contributed by atoms with Gasteiger partial charge in [-0.05, 0) is 79.8 Å². The molecule has 270 valence electrons. The summed E-state index contributed by atoms with van der Waals surface area (Å²) in [7, 11) is 6.39. The third-order valence-electron chi connectivity index (χ3n) is 9.75. The molecule has 2 N–H and O–H groups in total. The zero-order valence-electron chi connectivity index (χ0n) is 29.8. The second-order valence-electron chi connectivity index (χ2n) is 12.7. The largest absolute Gasteiger partial charge is 0.493 e. The van der Waals surface area contributed by atoms with Crippen LogP contribution in [0, 0.1) is 5.82 Å². The number of aromatic nitrogens is 2. The van der Waals surface area contributed by atoms with Crippen LogP contribution in [0.15, 0.2) is 77.2 Å². The number of piperidine rings is 1. The predicted molar refractivity (Wildman–Crippen MR) is 193 cm³/mol. The van der Waals surface area contributed by atoms with Gasteiger partial charge in [-0.2, -0.15) is 0 Å². The molecule has 12 heteroatoms. The summed E-state index contributed by atoms with van der Waals surface area (Å²) in [4.78, 5) is 23.7. The summed E-state index contributed by atoms with van der Waals surface area (Å²) in [5.74, 6) is 2.33. The highest BCUT2D eigenvalue weighted by Crippen LogP contribution is 2.40. The molecule has 3 unspecified atom stereocenters. The quantitative estimate of drug-likeness (QED) is 0.128. The summed E-state index contributed by atoms with van der Waals surface area (Å²) in [5, 5.41) is 13.4. The van der Waals surface area contributed by atoms with Crippen LogP contribution in [0.5, 0.6) is 17.2 Å². The lowest BCUT2D eigenvalue weighted by Gasteiger charge is -2.48. The van der Waals surface area contributed by atoms with Crippen LogP contribution in [0.1, 0.15) is 66.0 Å². The van der Waals surface area contributed by atoms with Gasteiger partial charge in [-0.25, -0.2) is 9.37 Å². The first-order valence-corrected chi connectivity index (χ1v) is 17.3. The molecule has 1 aliphatic rings. The molecule has 5 aromatic rings. The molecule has 1 fully saturated rings. The number of rotatable bonds is 14. The SMILES string of the molecule is CCC(c1ccc(F)cc1)C(N(C)C(=O)c1cc(OC)c(OC)c(OC)c1)N1CCCCC1Nc1nc2ccccc2n1Cc1ccc(CO)o1. The van der Waals surface area contributed by atoms with E-state index in [2.05, 4.69) is 21.7 Å². The third-order valence-corrected chi connectivity index (χ3v) is 9.75. The molecule has 1 amide bonds. The van der Waals surface area contributed by atoms with Crippen molar-refractivity contribution >= 4 is 22.9 Å². The number of aliphatic hydroxyl groups excluding tert-OH is 1. The molecule has 3 heterocycles. The molecule has 1 aliphatic heterocycles. The number of nitrogens with one attached hydrogen (secondary N) is 1. The Kier molecular flexibility index (Phi) is 11.1. The van der Waals surface area contributed by atoms with Gasteiger partial charge in [0.1, 0.15) is 23.9 Å². The molecule has 2 aromatic heterocycles. The Morgan fingerprint density at radius 3 is 2.37 bits per heavy atom. The highest BCUT2D eigenvalue weighted by atomic mass is 19.1. The summed E-state index contributed by atoms with van der Waals surface area (Å²) in [6.45, 7) is 3.04. The van der Waals surface area contributed by atoms with Crippen LogP contribution in [0.2, 0.25) is 0 Å². The Bertz CT molecular complexity index is 1920. The molecule has 0 aliphatic carbocycles. The molecule has 0 saturated carbocycles. The minimum atomic E-state index is -0.431. The van der Waals surface area contributed by atoms with Gasteiger partial charge in [0.25, 0.3) is 5.91 Å². The fourth-order valence-corrected chi connectivity index (χ4v) is 7.25. The van der Waals surface area contributed by atoms with Crippen LogP contribution in [0.3, 0.4) is 0 Å². The van der Waals surface area contributed by atoms with Gasteiger partial charge in [0, 0.05) is 25.1 Å². The Labute approximate surface area is 297 Å². The number of imidazole rings is 1. The molecule has 6 rings (SSSR count). The Morgan fingerprint density at radius 2 is 1.73 bits per heavy atom. The molecule has 3 aromatic carbocycles. The fourth-order valence-electron chi connectivity index (χ4n) is 7.25. The van der Waals surface area contributed by atoms with E-state index in [1.165, 1.54) is 33.5 Å². The summed E-state index contributed by atoms with van der Waals surface area (Å²) in [5.41, 5.74) is 3.09. The number of furan rings is 1. The monoisotopic (exact) mass is 699 g/mol. The molecule has 11 nitrogen and oxygen atoms in total. The highest BCUT2D eigenvalue weighted by molar-refractivity contribution is 5.95. The van der Waals surface area contributed by atoms with Gasteiger partial charge in [0.2, 0.25) is 11.7 Å². The van der Waals surface area contributed by atoms with Gasteiger partial charge in [-0.1, -0.05) is 31.2 Å². The van der Waals surface area contributed by atoms with Gasteiger partial charge in [-0.15, -0.1) is 0 Å². The van der Waals surface area contributed by atoms with Crippen molar-refractivity contribution in [2.45, 2.75) is 64.0 Å². The van der Waals surface area contributed by atoms with Crippen LogP contribution in [-0.2, 0) is 13.2 Å². The molecule has 1 saturated heterocycles. The van der Waals surface area contributed by atoms with E-state index in [1.807, 2.05) is 49.5 Å². The maximum atomic E-state index is 14.6. The number of anilines is 1. The molecule has 51 heavy (non-hydrogen) atoms. The van der Waals surface area contributed by atoms with Crippen LogP contribution in [0.25, 0.3) is 11.0 Å². The van der Waals surface area contributed by atoms with Gasteiger partial charge in [0.15, 0.2) is 11.5 Å². The second kappa shape index (κ2) is 15.9. The highest BCUT2D eigenvalue weighted by Gasteiger charge is 2.39. The molecule has 0 bridgehead atoms. The number of likely N-dealkylation sites (N-methyl/N-ethyl adjacent to an activating group) is 1. The Morgan fingerprint density at radius 1 is 1.02 bits per heavy atom. The minimum absolute atomic E-state index is 0.164. The van der Waals surface area contributed by atoms with Crippen molar-refractivity contribution in [1.29, 1.82) is 0 Å². The van der Waals surface area contributed by atoms with Crippen molar-refractivity contribution < 1.29 is 32.9 Å². The van der Waals surface area contributed by atoms with Crippen molar-refractivity contribution in [3.05, 3.63) is 101 Å². The fraction of sp³-hybridized carbons (Fsp3) is 0.385. The lowest BCUT2D eigenvalue weighted by atomic mass is 9.89. The van der Waals surface area contributed by atoms with Crippen LogP contribution in [-0.4, -0.2) is 77.6 Å². The number of para-hydroxylation sites is 2. The van der Waals surface area contributed by atoms with Crippen LogP contribution >= 0.6 is 0 Å². The van der Waals surface area contributed by atoms with E-state index in [9.17, 15) is 14.3 Å². The van der Waals surface area contributed by atoms with E-state index < -0.39 is 6.17 Å². The summed E-state index contributed by atoms with van der Waals surface area (Å²) < 4.78 is 38.8. The lowest BCUT2D eigenvalue weighted by molar-refractivity contribution is 0.00144. The number of halogens is 1. The number of likely N-dealkylation sites (tertiary alicyclic amines) is 1. The number of amides is 1. The third kappa shape index (κ3) is 7.38. The summed E-state index contributed by atoms with van der Waals surface area (Å²) in [6, 6.07) is 21.5. The zero-order valence-corrected chi connectivity index (χ0v) is 29.8. The van der Waals surface area contributed by atoms with E-state index in [0.717, 1.165) is 35.9 Å². The topological polar surface area (TPSA) is 114 Å². The van der Waals surface area contributed by atoms with Crippen LogP contribution in [0.4, 0.5) is 10.3 Å². The van der Waals surface area contributed by atoms with Gasteiger partial charge >= 0.3 is 0 Å². The van der Waals surface area contributed by atoms with Crippen molar-refractivity contribution in [3.8, 4) is 17.2 Å². The maximum absolute atomic E-state index is 14.6. The van der Waals surface area contributed by atoms with Gasteiger partial charge < -0.3 is 38.5 Å². The standard InChI is InChI=1S/C39H46FN5O6/c1-6-30(25-14-16-27(40)17-15-25)37(43(2)38(47)26-21-33(48-3)36(50-5)34(22-26)49-4)44-20-10-9-13-35(44)42-39-41-31-11-7-8-12-32(31)45(39)23-28-18-19-29(24-46)51-28/h7-8,11-12,14-19,21-22,30,35,37,46H,6,9-10,13,20,23-24H2,1-5H3,(H,41,42). The number of ether oxygens (including phenoxy) is 3. The van der Waals surface area contributed by atoms with Gasteiger partial charge in [-0.3, -0.25) is 9.69 Å². The average molecular weight is 700 g/mol. The number of fused-ring (bicyclic) bond motifs is 1. The minimum Gasteiger partial charge on any atom is -0.493 e. The van der Waals surface area contributed by atoms with Gasteiger partial charge in [0.05, 0.1) is 51.2 Å². The average Bonchev–Trinajstić information content (AvgIpc) is 3.77. The van der Waals surface area contributed by atoms with E-state index in [0.29, 0.717) is 59.8 Å². The van der Waals surface area contributed by atoms with E-state index in [4.69, 9.17) is 23.6 Å². The second-order valence-corrected chi connectivity index (χ2v) is 12.7. The number of carbonyl (C=O) groups is 1. The predicted octanol–water partition coefficient (Wildman–Crippen LogP) is 6.85. The first-order chi connectivity index (χ1) is 24.8. The number of nitrogens with zero attached hydrogens (tertiary/aromatic N) is 4. The molecule has 3 atom stereocenters. The number of carbonyl (C=O) groups excluding carboxylic acids is 1. The molecular weight excluding hydrogens is 653 g/mol. The maximum Gasteiger partial charge on any atom is 0.255 e. The van der Waals surface area contributed by atoms with Crippen LogP contribution < -0.4 is 19.5 Å². The number of methoxy groups -OCH3 is 3. The van der Waals surface area contributed by atoms with E-state index in [1.54, 1.807) is 23.1 Å². The normalized spacial score (nSPS) is 16.1. The van der Waals surface area contributed by atoms with Crippen molar-refractivity contribution in [2.24, 2.45) is 0 Å². The van der Waals surface area contributed by atoms with Crippen molar-refractivity contribution in [2.75, 3.05) is 40.2 Å². The smallest absolute Gasteiger partial charge is 0.255 e. The lowest BCUT2D eigenvalue weighted by Crippen LogP contribution is -2.59. The first-order valence-electron chi connectivity index (χ1n) is 17.3. The number of aliphatic hydroxyl groups is 1. The number of hydrogen-bond acceptors (Lipinski definition) is 9. The van der Waals surface area contributed by atoms with Crippen molar-refractivity contribution in [1.82, 2.24) is 19.4 Å². The number of benzene rings is 3. The Balaban J connectivity index is 1.41. The van der Waals surface area contributed by atoms with E-state index >= 15 is 0 Å². The number of hydrogen-bond donors (Lipinski definition) is 2. The molecular formula is C39H46FN5O6. The zero-order chi connectivity index (χ0) is 36.1. The summed E-state index contributed by atoms with van der Waals surface area (Å²) in [6.07, 6.45) is 2.79. The molecule has 0 spiro atoms. The Hall–Kier alpha value is -5.07. The van der Waals surface area contributed by atoms with E-state index in [-0.39, 0.29) is 30.4 Å². The first kappa shape index (κ1) is 35.7. The molecule has 0 radical (unpaired) electrons.